The molecule has 0 aliphatic heterocycles. The van der Waals surface area contributed by atoms with Crippen LogP contribution in [0.1, 0.15) is 0 Å². The molecule has 1 aromatic heterocycles. The summed E-state index contributed by atoms with van der Waals surface area (Å²) in [6.45, 7) is 1.14. The average Bonchev–Trinajstić information content (AvgIpc) is 3.11. The van der Waals surface area contributed by atoms with Crippen LogP contribution in [0.5, 0.6) is 11.5 Å². The molecule has 8 heteroatoms. The van der Waals surface area contributed by atoms with Crippen LogP contribution in [0.4, 0.5) is 5.13 Å². The number of aromatic nitrogens is 1. The number of hydrogen-bond acceptors (Lipinski definition) is 6. The number of benzene rings is 2. The van der Waals surface area contributed by atoms with E-state index in [0.717, 1.165) is 10.2 Å². The van der Waals surface area contributed by atoms with Crippen molar-refractivity contribution in [2.24, 2.45) is 0 Å². The van der Waals surface area contributed by atoms with E-state index in [0.29, 0.717) is 34.7 Å². The minimum Gasteiger partial charge on any atom is -0.494 e. The van der Waals surface area contributed by atoms with E-state index >= 15 is 0 Å². The van der Waals surface area contributed by atoms with Crippen LogP contribution in [0.25, 0.3) is 10.2 Å². The summed E-state index contributed by atoms with van der Waals surface area (Å²) in [7, 11) is 5.55. The minimum atomic E-state index is -0.158. The van der Waals surface area contributed by atoms with E-state index in [9.17, 15) is 4.79 Å². The SMILES string of the molecule is COc1cccc2sc(N(CCN(C)C)C(=O)COc3ccc(Cl)cc3)nc12. The molecule has 6 nitrogen and oxygen atoms in total. The average molecular weight is 420 g/mol. The van der Waals surface area contributed by atoms with Crippen LogP contribution >= 0.6 is 22.9 Å². The van der Waals surface area contributed by atoms with Crippen LogP contribution in [-0.4, -0.2) is 56.7 Å². The van der Waals surface area contributed by atoms with E-state index in [1.807, 2.05) is 37.2 Å². The van der Waals surface area contributed by atoms with E-state index < -0.39 is 0 Å². The number of anilines is 1. The van der Waals surface area contributed by atoms with E-state index in [1.165, 1.54) is 11.3 Å². The fraction of sp³-hybridized carbons (Fsp3) is 0.300. The van der Waals surface area contributed by atoms with Gasteiger partial charge in [0.15, 0.2) is 11.7 Å². The molecule has 148 valence electrons. The Balaban J connectivity index is 1.81. The zero-order valence-corrected chi connectivity index (χ0v) is 17.6. The van der Waals surface area contributed by atoms with Crippen LogP contribution in [0, 0.1) is 0 Å². The Morgan fingerprint density at radius 3 is 2.57 bits per heavy atom. The highest BCUT2D eigenvalue weighted by Gasteiger charge is 2.21. The van der Waals surface area contributed by atoms with Gasteiger partial charge in [-0.25, -0.2) is 4.98 Å². The number of nitrogens with zero attached hydrogens (tertiary/aromatic N) is 3. The molecule has 1 heterocycles. The van der Waals surface area contributed by atoms with E-state index in [-0.39, 0.29) is 12.5 Å². The van der Waals surface area contributed by atoms with Crippen molar-refractivity contribution >= 4 is 44.2 Å². The fourth-order valence-electron chi connectivity index (χ4n) is 2.57. The second-order valence-corrected chi connectivity index (χ2v) is 7.84. The smallest absolute Gasteiger partial charge is 0.266 e. The Labute approximate surface area is 173 Å². The van der Waals surface area contributed by atoms with Crippen LogP contribution in [-0.2, 0) is 4.79 Å². The lowest BCUT2D eigenvalue weighted by Crippen LogP contribution is -2.39. The molecule has 1 amide bonds. The minimum absolute atomic E-state index is 0.0812. The molecule has 0 aliphatic carbocycles. The van der Waals surface area contributed by atoms with Crippen molar-refractivity contribution < 1.29 is 14.3 Å². The number of thiazole rings is 1. The fourth-order valence-corrected chi connectivity index (χ4v) is 3.72. The molecule has 0 unspecified atom stereocenters. The lowest BCUT2D eigenvalue weighted by atomic mass is 10.3. The molecule has 0 aliphatic rings. The Morgan fingerprint density at radius 1 is 1.14 bits per heavy atom. The van der Waals surface area contributed by atoms with Gasteiger partial charge in [0.25, 0.3) is 5.91 Å². The molecule has 3 rings (SSSR count). The predicted molar refractivity (Wildman–Crippen MR) is 114 cm³/mol. The van der Waals surface area contributed by atoms with E-state index in [4.69, 9.17) is 21.1 Å². The molecule has 0 fully saturated rings. The number of hydrogen-bond donors (Lipinski definition) is 0. The summed E-state index contributed by atoms with van der Waals surface area (Å²) >= 11 is 7.35. The maximum absolute atomic E-state index is 12.9. The maximum Gasteiger partial charge on any atom is 0.266 e. The van der Waals surface area contributed by atoms with Crippen molar-refractivity contribution in [3.63, 3.8) is 0 Å². The third kappa shape index (κ3) is 4.92. The number of halogens is 1. The summed E-state index contributed by atoms with van der Waals surface area (Å²) in [4.78, 5) is 21.3. The quantitative estimate of drug-likeness (QED) is 0.553. The molecular formula is C20H22ClN3O3S. The first-order chi connectivity index (χ1) is 13.5. The van der Waals surface area contributed by atoms with Crippen LogP contribution < -0.4 is 14.4 Å². The molecule has 28 heavy (non-hydrogen) atoms. The number of carbonyl (C=O) groups is 1. The molecule has 0 N–H and O–H groups in total. The highest BCUT2D eigenvalue weighted by atomic mass is 35.5. The molecule has 0 bridgehead atoms. The number of rotatable bonds is 8. The summed E-state index contributed by atoms with van der Waals surface area (Å²) < 4.78 is 12.0. The lowest BCUT2D eigenvalue weighted by molar-refractivity contribution is -0.120. The van der Waals surface area contributed by atoms with Gasteiger partial charge in [0.1, 0.15) is 17.0 Å². The van der Waals surface area contributed by atoms with Crippen molar-refractivity contribution in [1.29, 1.82) is 0 Å². The zero-order valence-electron chi connectivity index (χ0n) is 16.0. The second kappa shape index (κ2) is 9.23. The van der Waals surface area contributed by atoms with Crippen LogP contribution in [0.3, 0.4) is 0 Å². The summed E-state index contributed by atoms with van der Waals surface area (Å²) in [6.07, 6.45) is 0. The summed E-state index contributed by atoms with van der Waals surface area (Å²) in [5, 5.41) is 1.25. The molecule has 2 aromatic carbocycles. The highest BCUT2D eigenvalue weighted by Crippen LogP contribution is 2.34. The Bertz CT molecular complexity index is 944. The number of fused-ring (bicyclic) bond motifs is 1. The number of ether oxygens (including phenoxy) is 2. The summed E-state index contributed by atoms with van der Waals surface area (Å²) in [5.74, 6) is 1.13. The van der Waals surface area contributed by atoms with Crippen LogP contribution in [0.2, 0.25) is 5.02 Å². The van der Waals surface area contributed by atoms with Gasteiger partial charge in [0.2, 0.25) is 0 Å². The number of carbonyl (C=O) groups excluding carboxylic acids is 1. The van der Waals surface area contributed by atoms with Gasteiger partial charge < -0.3 is 14.4 Å². The summed E-state index contributed by atoms with van der Waals surface area (Å²) in [6, 6.07) is 12.7. The van der Waals surface area contributed by atoms with Crippen molar-refractivity contribution in [2.45, 2.75) is 0 Å². The van der Waals surface area contributed by atoms with Gasteiger partial charge in [-0.2, -0.15) is 0 Å². The number of para-hydroxylation sites is 1. The van der Waals surface area contributed by atoms with Gasteiger partial charge in [0, 0.05) is 18.1 Å². The molecule has 0 atom stereocenters. The third-order valence-corrected chi connectivity index (χ3v) is 5.36. The second-order valence-electron chi connectivity index (χ2n) is 6.39. The molecule has 0 saturated heterocycles. The molecule has 3 aromatic rings. The Hall–Kier alpha value is -2.35. The molecule has 0 radical (unpaired) electrons. The number of methoxy groups -OCH3 is 1. The largest absolute Gasteiger partial charge is 0.494 e. The van der Waals surface area contributed by atoms with E-state index in [2.05, 4.69) is 4.98 Å². The normalized spacial score (nSPS) is 11.0. The molecule has 0 saturated carbocycles. The summed E-state index contributed by atoms with van der Waals surface area (Å²) in [5.41, 5.74) is 0.756. The van der Waals surface area contributed by atoms with Gasteiger partial charge in [-0.3, -0.25) is 9.69 Å². The third-order valence-electron chi connectivity index (χ3n) is 4.07. The number of amides is 1. The standard InChI is InChI=1S/C20H22ClN3O3S/c1-23(2)11-12-24(18(25)13-27-15-9-7-14(21)8-10-15)20-22-19-16(26-3)5-4-6-17(19)28-20/h4-10H,11-13H2,1-3H3. The predicted octanol–water partition coefficient (Wildman–Crippen LogP) is 3.93. The van der Waals surface area contributed by atoms with Gasteiger partial charge in [-0.05, 0) is 50.5 Å². The zero-order chi connectivity index (χ0) is 20.1. The van der Waals surface area contributed by atoms with Gasteiger partial charge in [-0.15, -0.1) is 0 Å². The van der Waals surface area contributed by atoms with Crippen LogP contribution in [0.15, 0.2) is 42.5 Å². The maximum atomic E-state index is 12.9. The molecule has 0 spiro atoms. The Kier molecular flexibility index (Phi) is 6.72. The van der Waals surface area contributed by atoms with Gasteiger partial charge >= 0.3 is 0 Å². The number of likely N-dealkylation sites (N-methyl/N-ethyl adjacent to an activating group) is 1. The first kappa shape index (κ1) is 20.4. The first-order valence-corrected chi connectivity index (χ1v) is 9.94. The van der Waals surface area contributed by atoms with Crippen molar-refractivity contribution in [3.8, 4) is 11.5 Å². The van der Waals surface area contributed by atoms with Crippen molar-refractivity contribution in [2.75, 3.05) is 45.8 Å². The first-order valence-electron chi connectivity index (χ1n) is 8.75. The van der Waals surface area contributed by atoms with Crippen molar-refractivity contribution in [1.82, 2.24) is 9.88 Å². The van der Waals surface area contributed by atoms with E-state index in [1.54, 1.807) is 36.3 Å². The molecular weight excluding hydrogens is 398 g/mol. The Morgan fingerprint density at radius 2 is 1.89 bits per heavy atom. The van der Waals surface area contributed by atoms with Gasteiger partial charge in [0.05, 0.1) is 11.8 Å². The van der Waals surface area contributed by atoms with Crippen molar-refractivity contribution in [3.05, 3.63) is 47.5 Å². The van der Waals surface area contributed by atoms with Gasteiger partial charge in [-0.1, -0.05) is 29.0 Å². The monoisotopic (exact) mass is 419 g/mol. The highest BCUT2D eigenvalue weighted by molar-refractivity contribution is 7.22. The lowest BCUT2D eigenvalue weighted by Gasteiger charge is -2.22. The topological polar surface area (TPSA) is 54.9 Å².